The van der Waals surface area contributed by atoms with Crippen LogP contribution >= 0.6 is 0 Å². The average Bonchev–Trinajstić information content (AvgIpc) is 2.48. The molecule has 0 spiro atoms. The van der Waals surface area contributed by atoms with E-state index >= 15 is 0 Å². The number of rotatable bonds is 2. The van der Waals surface area contributed by atoms with Crippen LogP contribution in [0.1, 0.15) is 11.1 Å². The van der Waals surface area contributed by atoms with Crippen LogP contribution in [0.15, 0.2) is 12.1 Å². The van der Waals surface area contributed by atoms with E-state index in [9.17, 15) is 35.1 Å². The van der Waals surface area contributed by atoms with E-state index in [4.69, 9.17) is 5.73 Å². The van der Waals surface area contributed by atoms with Crippen molar-refractivity contribution in [3.8, 4) is 0 Å². The van der Waals surface area contributed by atoms with Crippen LogP contribution in [0.3, 0.4) is 0 Å². The first kappa shape index (κ1) is 16.8. The monoisotopic (exact) mass is 342 g/mol. The van der Waals surface area contributed by atoms with Gasteiger partial charge in [0.1, 0.15) is 11.3 Å². The quantitative estimate of drug-likeness (QED) is 0.495. The van der Waals surface area contributed by atoms with E-state index in [2.05, 4.69) is 5.73 Å². The van der Waals surface area contributed by atoms with E-state index in [0.29, 0.717) is 6.07 Å². The standard InChI is InChI=1S/C13H6F8N2/c14-6-3(1-2-4(22)7(6)15)13(20,21)5-8(16)10(18)12(23)11(19)9(5)17/h1-2H,22-23H2. The van der Waals surface area contributed by atoms with Crippen molar-refractivity contribution >= 4 is 11.4 Å². The van der Waals surface area contributed by atoms with Gasteiger partial charge in [0.05, 0.1) is 11.3 Å². The highest BCUT2D eigenvalue weighted by Crippen LogP contribution is 2.43. The number of nitrogens with two attached hydrogens (primary N) is 2. The van der Waals surface area contributed by atoms with Gasteiger partial charge in [-0.2, -0.15) is 8.78 Å². The molecule has 0 bridgehead atoms. The van der Waals surface area contributed by atoms with Gasteiger partial charge in [-0.25, -0.2) is 26.3 Å². The van der Waals surface area contributed by atoms with Crippen molar-refractivity contribution in [3.05, 3.63) is 58.2 Å². The Morgan fingerprint density at radius 3 is 1.61 bits per heavy atom. The molecule has 2 aromatic carbocycles. The number of nitrogen functional groups attached to an aromatic ring is 2. The van der Waals surface area contributed by atoms with Crippen LogP contribution in [0, 0.1) is 34.9 Å². The molecule has 0 aliphatic carbocycles. The molecule has 0 unspecified atom stereocenters. The fourth-order valence-electron chi connectivity index (χ4n) is 1.87. The van der Waals surface area contributed by atoms with Gasteiger partial charge in [-0.1, -0.05) is 0 Å². The summed E-state index contributed by atoms with van der Waals surface area (Å²) < 4.78 is 109. The molecule has 0 fully saturated rings. The second kappa shape index (κ2) is 5.28. The van der Waals surface area contributed by atoms with Gasteiger partial charge in [-0.3, -0.25) is 0 Å². The summed E-state index contributed by atoms with van der Waals surface area (Å²) in [5.41, 5.74) is 2.83. The first-order chi connectivity index (χ1) is 10.5. The molecule has 0 saturated heterocycles. The van der Waals surface area contributed by atoms with Gasteiger partial charge in [0, 0.05) is 0 Å². The van der Waals surface area contributed by atoms with Gasteiger partial charge in [0.2, 0.25) is 0 Å². The summed E-state index contributed by atoms with van der Waals surface area (Å²) >= 11 is 0. The maximum Gasteiger partial charge on any atom is 0.307 e. The minimum atomic E-state index is -4.94. The highest BCUT2D eigenvalue weighted by atomic mass is 19.3. The lowest BCUT2D eigenvalue weighted by Gasteiger charge is -2.20. The van der Waals surface area contributed by atoms with Gasteiger partial charge >= 0.3 is 5.92 Å². The molecule has 0 atom stereocenters. The summed E-state index contributed by atoms with van der Waals surface area (Å²) in [7, 11) is 0. The third kappa shape index (κ3) is 2.34. The van der Waals surface area contributed by atoms with Crippen LogP contribution in [0.5, 0.6) is 0 Å². The summed E-state index contributed by atoms with van der Waals surface area (Å²) in [6.07, 6.45) is 0. The zero-order valence-corrected chi connectivity index (χ0v) is 10.8. The number of alkyl halides is 2. The van der Waals surface area contributed by atoms with E-state index in [-0.39, 0.29) is 6.07 Å². The molecular formula is C13H6F8N2. The van der Waals surface area contributed by atoms with Crippen LogP contribution in [-0.2, 0) is 5.92 Å². The van der Waals surface area contributed by atoms with E-state index in [1.807, 2.05) is 0 Å². The lowest BCUT2D eigenvalue weighted by molar-refractivity contribution is 0.0287. The lowest BCUT2D eigenvalue weighted by Crippen LogP contribution is -2.24. The molecule has 0 heterocycles. The highest BCUT2D eigenvalue weighted by molar-refractivity contribution is 5.50. The van der Waals surface area contributed by atoms with Crippen molar-refractivity contribution < 1.29 is 35.1 Å². The Bertz CT molecular complexity index is 774. The Balaban J connectivity index is 2.83. The van der Waals surface area contributed by atoms with Gasteiger partial charge < -0.3 is 11.5 Å². The molecule has 2 aromatic rings. The Kier molecular flexibility index (Phi) is 3.87. The van der Waals surface area contributed by atoms with Crippen LogP contribution in [0.25, 0.3) is 0 Å². The van der Waals surface area contributed by atoms with Gasteiger partial charge in [0.15, 0.2) is 34.9 Å². The maximum absolute atomic E-state index is 14.2. The number of anilines is 2. The Labute approximate surface area is 123 Å². The summed E-state index contributed by atoms with van der Waals surface area (Å²) in [6.45, 7) is 0. The molecule has 0 aliphatic rings. The summed E-state index contributed by atoms with van der Waals surface area (Å²) in [5, 5.41) is 0. The lowest BCUT2D eigenvalue weighted by atomic mass is 9.97. The topological polar surface area (TPSA) is 52.0 Å². The van der Waals surface area contributed by atoms with Crippen molar-refractivity contribution in [1.82, 2.24) is 0 Å². The molecule has 0 aliphatic heterocycles. The smallest absolute Gasteiger partial charge is 0.307 e. The molecule has 2 rings (SSSR count). The molecule has 0 saturated carbocycles. The molecular weight excluding hydrogens is 336 g/mol. The Morgan fingerprint density at radius 2 is 1.13 bits per heavy atom. The molecule has 0 amide bonds. The van der Waals surface area contributed by atoms with E-state index in [1.165, 1.54) is 0 Å². The average molecular weight is 342 g/mol. The second-order valence-electron chi connectivity index (χ2n) is 4.45. The van der Waals surface area contributed by atoms with E-state index in [0.717, 1.165) is 0 Å². The molecule has 0 aromatic heterocycles. The first-order valence-electron chi connectivity index (χ1n) is 5.75. The molecule has 2 nitrogen and oxygen atoms in total. The van der Waals surface area contributed by atoms with Crippen molar-refractivity contribution in [2.24, 2.45) is 0 Å². The molecule has 10 heteroatoms. The van der Waals surface area contributed by atoms with Crippen LogP contribution in [0.2, 0.25) is 0 Å². The minimum Gasteiger partial charge on any atom is -0.396 e. The fraction of sp³-hybridized carbons (Fsp3) is 0.0769. The predicted molar refractivity (Wildman–Crippen MR) is 64.5 cm³/mol. The first-order valence-corrected chi connectivity index (χ1v) is 5.75. The van der Waals surface area contributed by atoms with Crippen LogP contribution in [0.4, 0.5) is 46.5 Å². The second-order valence-corrected chi connectivity index (χ2v) is 4.45. The predicted octanol–water partition coefficient (Wildman–Crippen LogP) is 3.83. The molecule has 4 N–H and O–H groups in total. The fourth-order valence-corrected chi connectivity index (χ4v) is 1.87. The zero-order valence-electron chi connectivity index (χ0n) is 10.8. The van der Waals surface area contributed by atoms with Gasteiger partial charge in [-0.15, -0.1) is 0 Å². The van der Waals surface area contributed by atoms with Crippen molar-refractivity contribution in [3.63, 3.8) is 0 Å². The van der Waals surface area contributed by atoms with E-state index in [1.54, 1.807) is 0 Å². The van der Waals surface area contributed by atoms with Gasteiger partial charge in [0.25, 0.3) is 0 Å². The normalized spacial score (nSPS) is 11.8. The molecule has 124 valence electrons. The number of hydrogen-bond acceptors (Lipinski definition) is 2. The van der Waals surface area contributed by atoms with Crippen LogP contribution in [-0.4, -0.2) is 0 Å². The largest absolute Gasteiger partial charge is 0.396 e. The SMILES string of the molecule is Nc1ccc(C(F)(F)c2c(F)c(F)c(N)c(F)c2F)c(F)c1F. The molecule has 0 radical (unpaired) electrons. The van der Waals surface area contributed by atoms with Crippen molar-refractivity contribution in [2.45, 2.75) is 5.92 Å². The number of halogens is 8. The third-order valence-electron chi connectivity index (χ3n) is 3.06. The van der Waals surface area contributed by atoms with E-state index < -0.39 is 63.3 Å². The Morgan fingerprint density at radius 1 is 0.652 bits per heavy atom. The van der Waals surface area contributed by atoms with Crippen molar-refractivity contribution in [2.75, 3.05) is 11.5 Å². The van der Waals surface area contributed by atoms with Crippen LogP contribution < -0.4 is 11.5 Å². The third-order valence-corrected chi connectivity index (χ3v) is 3.06. The maximum atomic E-state index is 14.2. The number of benzene rings is 2. The summed E-state index contributed by atoms with van der Waals surface area (Å²) in [4.78, 5) is 0. The minimum absolute atomic E-state index is 0.235. The highest BCUT2D eigenvalue weighted by Gasteiger charge is 2.45. The Hall–Kier alpha value is -2.52. The zero-order chi connectivity index (χ0) is 17.7. The summed E-state index contributed by atoms with van der Waals surface area (Å²) in [5.74, 6) is -18.7. The van der Waals surface area contributed by atoms with Crippen molar-refractivity contribution in [1.29, 1.82) is 0 Å². The number of hydrogen-bond donors (Lipinski definition) is 2. The summed E-state index contributed by atoms with van der Waals surface area (Å²) in [6, 6.07) is 0.736. The van der Waals surface area contributed by atoms with Gasteiger partial charge in [-0.05, 0) is 12.1 Å². The molecule has 23 heavy (non-hydrogen) atoms.